The molecule has 0 saturated heterocycles. The van der Waals surface area contributed by atoms with E-state index in [0.717, 1.165) is 28.2 Å². The smallest absolute Gasteiger partial charge is 0.234 e. The largest absolute Gasteiger partial charge is 0.285 e. The third kappa shape index (κ3) is 3.64. The van der Waals surface area contributed by atoms with E-state index in [9.17, 15) is 10.1 Å². The van der Waals surface area contributed by atoms with E-state index < -0.39 is 0 Å². The Morgan fingerprint density at radius 2 is 2.24 bits per heavy atom. The van der Waals surface area contributed by atoms with Gasteiger partial charge in [0.15, 0.2) is 0 Å². The summed E-state index contributed by atoms with van der Waals surface area (Å²) in [5, 5.41) is 13.8. The zero-order valence-corrected chi connectivity index (χ0v) is 15.8. The van der Waals surface area contributed by atoms with E-state index in [1.807, 2.05) is 12.3 Å². The van der Waals surface area contributed by atoms with Crippen LogP contribution in [0, 0.1) is 11.3 Å². The second kappa shape index (κ2) is 7.87. The molecule has 0 bridgehead atoms. The summed E-state index contributed by atoms with van der Waals surface area (Å²) in [7, 11) is 0. The minimum absolute atomic E-state index is 0.175. The van der Waals surface area contributed by atoms with Gasteiger partial charge in [0.25, 0.3) is 0 Å². The number of nitriles is 1. The molecular weight excluding hydrogens is 374 g/mol. The number of Topliss-reactive ketones (excluding diaryl/α,β-unsaturated/α-hetero) is 1. The number of hydrazone groups is 1. The van der Waals surface area contributed by atoms with Crippen LogP contribution in [0.1, 0.15) is 27.2 Å². The third-order valence-electron chi connectivity index (χ3n) is 3.73. The SMILES string of the molecule is CSc1sc(C(=O)C(C#N)=NNc2ccccc2Cl)c2c1C=CCC2. The number of halogens is 1. The predicted molar refractivity (Wildman–Crippen MR) is 106 cm³/mol. The van der Waals surface area contributed by atoms with Gasteiger partial charge in [-0.15, -0.1) is 23.1 Å². The quantitative estimate of drug-likeness (QED) is 0.329. The van der Waals surface area contributed by atoms with Crippen molar-refractivity contribution >= 4 is 58.0 Å². The Kier molecular flexibility index (Phi) is 5.59. The van der Waals surface area contributed by atoms with Crippen molar-refractivity contribution in [3.05, 3.63) is 51.4 Å². The zero-order chi connectivity index (χ0) is 17.8. The monoisotopic (exact) mass is 387 g/mol. The number of ketones is 1. The Hall–Kier alpha value is -2.07. The molecule has 0 saturated carbocycles. The molecule has 25 heavy (non-hydrogen) atoms. The number of nitrogens with one attached hydrogen (secondary N) is 1. The van der Waals surface area contributed by atoms with Crippen molar-refractivity contribution < 1.29 is 4.79 Å². The van der Waals surface area contributed by atoms with Crippen LogP contribution in [0.3, 0.4) is 0 Å². The van der Waals surface area contributed by atoms with Crippen molar-refractivity contribution in [1.29, 1.82) is 5.26 Å². The van der Waals surface area contributed by atoms with E-state index in [0.29, 0.717) is 15.6 Å². The van der Waals surface area contributed by atoms with Crippen LogP contribution in [-0.4, -0.2) is 17.8 Å². The lowest BCUT2D eigenvalue weighted by molar-refractivity contribution is 0.107. The first-order chi connectivity index (χ1) is 12.2. The van der Waals surface area contributed by atoms with Gasteiger partial charge in [-0.25, -0.2) is 0 Å². The van der Waals surface area contributed by atoms with E-state index >= 15 is 0 Å². The van der Waals surface area contributed by atoms with Gasteiger partial charge in [0.2, 0.25) is 11.5 Å². The van der Waals surface area contributed by atoms with Gasteiger partial charge >= 0.3 is 0 Å². The number of thioether (sulfide) groups is 1. The molecule has 1 aliphatic rings. The molecule has 0 aliphatic heterocycles. The van der Waals surface area contributed by atoms with Gasteiger partial charge in [0, 0.05) is 5.56 Å². The van der Waals surface area contributed by atoms with Crippen molar-refractivity contribution in [1.82, 2.24) is 0 Å². The number of thiophene rings is 1. The highest BCUT2D eigenvalue weighted by molar-refractivity contribution is 8.00. The normalized spacial score (nSPS) is 13.2. The highest BCUT2D eigenvalue weighted by Gasteiger charge is 2.25. The van der Waals surface area contributed by atoms with Gasteiger partial charge in [-0.2, -0.15) is 10.4 Å². The molecule has 0 radical (unpaired) electrons. The van der Waals surface area contributed by atoms with Crippen molar-refractivity contribution in [2.75, 3.05) is 11.7 Å². The number of hydrogen-bond donors (Lipinski definition) is 1. The Bertz CT molecular complexity index is 925. The molecular formula is C18H14ClN3OS2. The molecule has 0 fully saturated rings. The molecule has 1 aromatic carbocycles. The first kappa shape index (κ1) is 17.7. The van der Waals surface area contributed by atoms with Gasteiger partial charge in [-0.3, -0.25) is 10.2 Å². The maximum Gasteiger partial charge on any atom is 0.234 e. The molecule has 7 heteroatoms. The van der Waals surface area contributed by atoms with Crippen LogP contribution < -0.4 is 5.43 Å². The number of allylic oxidation sites excluding steroid dienone is 1. The summed E-state index contributed by atoms with van der Waals surface area (Å²) >= 11 is 9.10. The molecule has 1 aromatic heterocycles. The molecule has 4 nitrogen and oxygen atoms in total. The van der Waals surface area contributed by atoms with E-state index in [4.69, 9.17) is 11.6 Å². The lowest BCUT2D eigenvalue weighted by Crippen LogP contribution is -2.15. The number of hydrogen-bond acceptors (Lipinski definition) is 6. The van der Waals surface area contributed by atoms with E-state index in [1.54, 1.807) is 36.0 Å². The third-order valence-corrected chi connectivity index (χ3v) is 6.45. The molecule has 1 N–H and O–H groups in total. The number of carbonyl (C=O) groups is 1. The van der Waals surface area contributed by atoms with E-state index in [1.165, 1.54) is 11.3 Å². The minimum atomic E-state index is -0.348. The molecule has 1 heterocycles. The molecule has 0 amide bonds. The number of rotatable bonds is 5. The van der Waals surface area contributed by atoms with Crippen LogP contribution in [0.4, 0.5) is 5.69 Å². The summed E-state index contributed by atoms with van der Waals surface area (Å²) in [5.74, 6) is -0.348. The Balaban J connectivity index is 1.92. The summed E-state index contributed by atoms with van der Waals surface area (Å²) in [6.45, 7) is 0. The summed E-state index contributed by atoms with van der Waals surface area (Å²) < 4.78 is 1.09. The first-order valence-corrected chi connectivity index (χ1v) is 9.96. The summed E-state index contributed by atoms with van der Waals surface area (Å²) in [6, 6.07) is 8.93. The molecule has 126 valence electrons. The number of nitrogens with zero attached hydrogens (tertiary/aromatic N) is 2. The van der Waals surface area contributed by atoms with Crippen molar-refractivity contribution in [3.8, 4) is 6.07 Å². The fourth-order valence-electron chi connectivity index (χ4n) is 2.54. The summed E-state index contributed by atoms with van der Waals surface area (Å²) in [5.41, 5.74) is 5.20. The predicted octanol–water partition coefficient (Wildman–Crippen LogP) is 5.26. The molecule has 3 rings (SSSR count). The Morgan fingerprint density at radius 3 is 2.96 bits per heavy atom. The van der Waals surface area contributed by atoms with Gasteiger partial charge in [-0.1, -0.05) is 35.9 Å². The summed E-state index contributed by atoms with van der Waals surface area (Å²) in [6.07, 6.45) is 7.86. The van der Waals surface area contributed by atoms with Gasteiger partial charge < -0.3 is 0 Å². The number of para-hydroxylation sites is 1. The molecule has 0 atom stereocenters. The lowest BCUT2D eigenvalue weighted by Gasteiger charge is -2.08. The van der Waals surface area contributed by atoms with Crippen molar-refractivity contribution in [2.24, 2.45) is 5.10 Å². The summed E-state index contributed by atoms with van der Waals surface area (Å²) in [4.78, 5) is 13.4. The number of benzene rings is 1. The van der Waals surface area contributed by atoms with Crippen molar-refractivity contribution in [2.45, 2.75) is 17.1 Å². The molecule has 0 unspecified atom stereocenters. The average Bonchev–Trinajstić information content (AvgIpc) is 3.02. The molecule has 0 spiro atoms. The molecule has 2 aromatic rings. The van der Waals surface area contributed by atoms with E-state index in [2.05, 4.69) is 22.7 Å². The lowest BCUT2D eigenvalue weighted by atomic mass is 9.98. The van der Waals surface area contributed by atoms with Crippen LogP contribution in [-0.2, 0) is 6.42 Å². The standard InChI is InChI=1S/C18H14ClN3OS2/c1-24-18-12-7-3-2-6-11(12)17(25-18)16(23)15(10-20)22-21-14-9-5-4-8-13(14)19/h3-5,7-9,21H,2,6H2,1H3. The average molecular weight is 388 g/mol. The topological polar surface area (TPSA) is 65.2 Å². The van der Waals surface area contributed by atoms with Crippen molar-refractivity contribution in [3.63, 3.8) is 0 Å². The number of fused-ring (bicyclic) bond motifs is 1. The highest BCUT2D eigenvalue weighted by atomic mass is 35.5. The zero-order valence-electron chi connectivity index (χ0n) is 13.4. The number of anilines is 1. The molecule has 1 aliphatic carbocycles. The second-order valence-corrected chi connectivity index (χ2v) is 7.75. The first-order valence-electron chi connectivity index (χ1n) is 7.55. The second-order valence-electron chi connectivity index (χ2n) is 5.25. The van der Waals surface area contributed by atoms with Gasteiger partial charge in [-0.05, 0) is 36.8 Å². The van der Waals surface area contributed by atoms with Gasteiger partial charge in [0.1, 0.15) is 6.07 Å². The fourth-order valence-corrected chi connectivity index (χ4v) is 4.72. The maximum absolute atomic E-state index is 12.8. The minimum Gasteiger partial charge on any atom is -0.285 e. The maximum atomic E-state index is 12.8. The fraction of sp³-hybridized carbons (Fsp3) is 0.167. The Morgan fingerprint density at radius 1 is 1.44 bits per heavy atom. The van der Waals surface area contributed by atoms with Gasteiger partial charge in [0.05, 0.1) is 19.8 Å². The van der Waals surface area contributed by atoms with Crippen LogP contribution in [0.15, 0.2) is 39.7 Å². The van der Waals surface area contributed by atoms with E-state index in [-0.39, 0.29) is 11.5 Å². The highest BCUT2D eigenvalue weighted by Crippen LogP contribution is 2.39. The Labute approximate surface area is 159 Å². The van der Waals surface area contributed by atoms with Crippen LogP contribution in [0.5, 0.6) is 0 Å². The van der Waals surface area contributed by atoms with Crippen LogP contribution >= 0.6 is 34.7 Å². The van der Waals surface area contributed by atoms with Crippen LogP contribution in [0.2, 0.25) is 5.02 Å². The number of carbonyl (C=O) groups excluding carboxylic acids is 1. The van der Waals surface area contributed by atoms with Crippen LogP contribution in [0.25, 0.3) is 6.08 Å².